The van der Waals surface area contributed by atoms with E-state index in [2.05, 4.69) is 11.8 Å². The number of hydrogen-bond donors (Lipinski definition) is 2. The Morgan fingerprint density at radius 2 is 1.96 bits per heavy atom. The standard InChI is InChI=1S/C18H17ClO5/c1-3-6-10-9-12-13(15(21)11(10)7-4-5-8-20)17(23)14(19)18(24-2)16(12)22/h9,20-21H,4-5,7-8H2,1-2H3. The minimum atomic E-state index is -0.653. The molecule has 0 fully saturated rings. The molecule has 0 atom stereocenters. The summed E-state index contributed by atoms with van der Waals surface area (Å²) in [5.74, 6) is 3.84. The molecule has 6 heteroatoms. The van der Waals surface area contributed by atoms with Crippen LogP contribution in [0.25, 0.3) is 0 Å². The Morgan fingerprint density at radius 1 is 1.25 bits per heavy atom. The van der Waals surface area contributed by atoms with Gasteiger partial charge in [0.2, 0.25) is 11.6 Å². The fourth-order valence-electron chi connectivity index (χ4n) is 2.65. The number of fused-ring (bicyclic) bond motifs is 1. The Kier molecular flexibility index (Phi) is 5.66. The first kappa shape index (κ1) is 18.1. The average Bonchev–Trinajstić information content (AvgIpc) is 2.56. The second-order valence-electron chi connectivity index (χ2n) is 5.24. The number of carbonyl (C=O) groups is 2. The summed E-state index contributed by atoms with van der Waals surface area (Å²) >= 11 is 5.92. The third-order valence-electron chi connectivity index (χ3n) is 3.78. The quantitative estimate of drug-likeness (QED) is 0.631. The van der Waals surface area contributed by atoms with Crippen molar-refractivity contribution in [2.24, 2.45) is 0 Å². The first-order valence-corrected chi connectivity index (χ1v) is 7.81. The highest BCUT2D eigenvalue weighted by Gasteiger charge is 2.36. The molecular weight excluding hydrogens is 332 g/mol. The number of halogens is 1. The van der Waals surface area contributed by atoms with E-state index in [1.54, 1.807) is 6.92 Å². The number of methoxy groups -OCH3 is 1. The molecule has 1 aromatic carbocycles. The van der Waals surface area contributed by atoms with Crippen LogP contribution in [0.4, 0.5) is 0 Å². The van der Waals surface area contributed by atoms with Crippen LogP contribution in [0.5, 0.6) is 5.75 Å². The molecule has 0 radical (unpaired) electrons. The van der Waals surface area contributed by atoms with Crippen LogP contribution in [0, 0.1) is 11.8 Å². The zero-order valence-electron chi connectivity index (χ0n) is 13.4. The summed E-state index contributed by atoms with van der Waals surface area (Å²) in [7, 11) is 1.25. The molecule has 0 heterocycles. The van der Waals surface area contributed by atoms with Gasteiger partial charge in [0.25, 0.3) is 0 Å². The van der Waals surface area contributed by atoms with Gasteiger partial charge in [-0.25, -0.2) is 0 Å². The number of aromatic hydroxyl groups is 1. The number of unbranched alkanes of at least 4 members (excludes halogenated alkanes) is 1. The summed E-state index contributed by atoms with van der Waals surface area (Å²) in [4.78, 5) is 24.9. The topological polar surface area (TPSA) is 83.8 Å². The molecule has 126 valence electrons. The Labute approximate surface area is 144 Å². The van der Waals surface area contributed by atoms with E-state index >= 15 is 0 Å². The number of aliphatic hydroxyl groups is 1. The first-order valence-electron chi connectivity index (χ1n) is 7.43. The zero-order chi connectivity index (χ0) is 17.9. The van der Waals surface area contributed by atoms with E-state index in [1.807, 2.05) is 0 Å². The average molecular weight is 349 g/mol. The lowest BCUT2D eigenvalue weighted by Gasteiger charge is -2.20. The molecule has 0 spiro atoms. The molecule has 0 aliphatic heterocycles. The molecular formula is C18H17ClO5. The van der Waals surface area contributed by atoms with E-state index in [-0.39, 0.29) is 34.3 Å². The van der Waals surface area contributed by atoms with Gasteiger partial charge in [0, 0.05) is 23.3 Å². The van der Waals surface area contributed by atoms with Crippen molar-refractivity contribution in [1.29, 1.82) is 0 Å². The second-order valence-corrected chi connectivity index (χ2v) is 5.61. The zero-order valence-corrected chi connectivity index (χ0v) is 14.2. The normalized spacial score (nSPS) is 13.5. The molecule has 0 amide bonds. The largest absolute Gasteiger partial charge is 0.507 e. The minimum absolute atomic E-state index is 0.0300. The molecule has 5 nitrogen and oxygen atoms in total. The Balaban J connectivity index is 2.67. The summed E-state index contributed by atoms with van der Waals surface area (Å²) < 4.78 is 4.92. The number of ether oxygens (including phenoxy) is 1. The van der Waals surface area contributed by atoms with Gasteiger partial charge < -0.3 is 14.9 Å². The van der Waals surface area contributed by atoms with E-state index in [1.165, 1.54) is 13.2 Å². The molecule has 1 aromatic rings. The highest BCUT2D eigenvalue weighted by atomic mass is 35.5. The van der Waals surface area contributed by atoms with Gasteiger partial charge in [-0.3, -0.25) is 9.59 Å². The lowest BCUT2D eigenvalue weighted by atomic mass is 9.86. The number of Topliss-reactive ketones (excluding diaryl/α,β-unsaturated/α-hetero) is 2. The van der Waals surface area contributed by atoms with Crippen molar-refractivity contribution in [1.82, 2.24) is 0 Å². The number of carbonyl (C=O) groups excluding carboxylic acids is 2. The summed E-state index contributed by atoms with van der Waals surface area (Å²) in [6.45, 7) is 1.67. The molecule has 0 saturated heterocycles. The van der Waals surface area contributed by atoms with Gasteiger partial charge in [-0.2, -0.15) is 0 Å². The number of benzene rings is 1. The van der Waals surface area contributed by atoms with Gasteiger partial charge in [-0.05, 0) is 32.3 Å². The van der Waals surface area contributed by atoms with Crippen molar-refractivity contribution < 1.29 is 24.5 Å². The molecule has 0 saturated carbocycles. The van der Waals surface area contributed by atoms with Crippen molar-refractivity contribution in [3.05, 3.63) is 39.1 Å². The van der Waals surface area contributed by atoms with Crippen LogP contribution in [-0.2, 0) is 11.2 Å². The second kappa shape index (κ2) is 7.52. The molecule has 0 aromatic heterocycles. The van der Waals surface area contributed by atoms with Crippen LogP contribution >= 0.6 is 11.6 Å². The van der Waals surface area contributed by atoms with E-state index in [9.17, 15) is 14.7 Å². The SMILES string of the molecule is CC#Cc1cc2c(c(O)c1CCCCO)C(=O)C(Cl)=C(OC)C2=O. The number of allylic oxidation sites excluding steroid dienone is 2. The van der Waals surface area contributed by atoms with Gasteiger partial charge in [0.15, 0.2) is 5.76 Å². The first-order chi connectivity index (χ1) is 11.5. The van der Waals surface area contributed by atoms with Crippen LogP contribution in [-0.4, -0.2) is 35.5 Å². The molecule has 2 N–H and O–H groups in total. The number of rotatable bonds is 5. The maximum atomic E-state index is 12.5. The Morgan fingerprint density at radius 3 is 2.54 bits per heavy atom. The van der Waals surface area contributed by atoms with Crippen molar-refractivity contribution >= 4 is 23.2 Å². The number of phenolic OH excluding ortho intramolecular Hbond substituents is 1. The van der Waals surface area contributed by atoms with Crippen molar-refractivity contribution in [3.63, 3.8) is 0 Å². The fourth-order valence-corrected chi connectivity index (χ4v) is 2.91. The van der Waals surface area contributed by atoms with Crippen LogP contribution in [0.2, 0.25) is 0 Å². The van der Waals surface area contributed by atoms with Gasteiger partial charge >= 0.3 is 0 Å². The predicted octanol–water partition coefficient (Wildman–Crippen LogP) is 2.55. The lowest BCUT2D eigenvalue weighted by molar-refractivity contribution is 0.0911. The maximum Gasteiger partial charge on any atom is 0.230 e. The Hall–Kier alpha value is -2.29. The predicted molar refractivity (Wildman–Crippen MR) is 89.2 cm³/mol. The summed E-state index contributed by atoms with van der Waals surface area (Å²) in [6.07, 6.45) is 1.58. The minimum Gasteiger partial charge on any atom is -0.507 e. The van der Waals surface area contributed by atoms with Gasteiger partial charge in [-0.15, -0.1) is 5.92 Å². The summed E-state index contributed by atoms with van der Waals surface area (Å²) in [5.41, 5.74) is 0.859. The lowest BCUT2D eigenvalue weighted by Crippen LogP contribution is -2.22. The number of hydrogen-bond acceptors (Lipinski definition) is 5. The molecule has 0 bridgehead atoms. The molecule has 1 aliphatic carbocycles. The summed E-state index contributed by atoms with van der Waals surface area (Å²) in [6, 6.07) is 1.49. The Bertz CT molecular complexity index is 796. The molecule has 24 heavy (non-hydrogen) atoms. The highest BCUT2D eigenvalue weighted by Crippen LogP contribution is 2.38. The van der Waals surface area contributed by atoms with E-state index in [4.69, 9.17) is 21.4 Å². The molecule has 0 unspecified atom stereocenters. The van der Waals surface area contributed by atoms with Crippen molar-refractivity contribution in [2.75, 3.05) is 13.7 Å². The number of aliphatic hydroxyl groups excluding tert-OH is 1. The van der Waals surface area contributed by atoms with Crippen LogP contribution in [0.3, 0.4) is 0 Å². The third kappa shape index (κ3) is 3.03. The van der Waals surface area contributed by atoms with Crippen LogP contribution < -0.4 is 0 Å². The number of phenols is 1. The monoisotopic (exact) mass is 348 g/mol. The van der Waals surface area contributed by atoms with E-state index < -0.39 is 11.6 Å². The smallest absolute Gasteiger partial charge is 0.230 e. The van der Waals surface area contributed by atoms with Gasteiger partial charge in [0.05, 0.1) is 12.7 Å². The van der Waals surface area contributed by atoms with Crippen molar-refractivity contribution in [3.8, 4) is 17.6 Å². The van der Waals surface area contributed by atoms with Gasteiger partial charge in [0.1, 0.15) is 10.8 Å². The van der Waals surface area contributed by atoms with Crippen LogP contribution in [0.15, 0.2) is 16.9 Å². The van der Waals surface area contributed by atoms with Crippen LogP contribution in [0.1, 0.15) is 51.6 Å². The fraction of sp³-hybridized carbons (Fsp3) is 0.333. The number of ketones is 2. The van der Waals surface area contributed by atoms with Crippen molar-refractivity contribution in [2.45, 2.75) is 26.2 Å². The highest BCUT2D eigenvalue weighted by molar-refractivity contribution is 6.50. The molecule has 1 aliphatic rings. The maximum absolute atomic E-state index is 12.5. The molecule has 2 rings (SSSR count). The third-order valence-corrected chi connectivity index (χ3v) is 4.12. The van der Waals surface area contributed by atoms with E-state index in [0.717, 1.165) is 0 Å². The summed E-state index contributed by atoms with van der Waals surface area (Å²) in [5, 5.41) is 19.2. The van der Waals surface area contributed by atoms with E-state index in [0.29, 0.717) is 30.4 Å². The van der Waals surface area contributed by atoms with Gasteiger partial charge in [-0.1, -0.05) is 17.5 Å².